The van der Waals surface area contributed by atoms with Crippen LogP contribution in [-0.2, 0) is 19.4 Å². The molecule has 1 aromatic heterocycles. The number of aliphatic hydroxyl groups is 1. The lowest BCUT2D eigenvalue weighted by Crippen LogP contribution is -2.21. The molecule has 1 atom stereocenters. The third-order valence-electron chi connectivity index (χ3n) is 3.59. The van der Waals surface area contributed by atoms with Gasteiger partial charge in [-0.2, -0.15) is 0 Å². The normalized spacial score (nSPS) is 15.2. The van der Waals surface area contributed by atoms with Gasteiger partial charge in [-0.15, -0.1) is 11.3 Å². The Bertz CT molecular complexity index is 603. The van der Waals surface area contributed by atoms with Crippen LogP contribution in [0, 0.1) is 0 Å². The van der Waals surface area contributed by atoms with Crippen molar-refractivity contribution >= 4 is 34.5 Å². The van der Waals surface area contributed by atoms with Gasteiger partial charge < -0.3 is 10.4 Å². The number of nitrogens with zero attached hydrogens (tertiary/aromatic N) is 1. The minimum atomic E-state index is -0.724. The van der Waals surface area contributed by atoms with Crippen molar-refractivity contribution in [2.45, 2.75) is 31.9 Å². The largest absolute Gasteiger partial charge is 0.387 e. The molecule has 0 spiro atoms. The molecule has 0 amide bonds. The number of aryl methyl sites for hydroxylation is 2. The summed E-state index contributed by atoms with van der Waals surface area (Å²) in [5, 5.41) is 15.5. The van der Waals surface area contributed by atoms with Gasteiger partial charge in [0.2, 0.25) is 0 Å². The van der Waals surface area contributed by atoms with Gasteiger partial charge in [-0.25, -0.2) is 4.98 Å². The maximum absolute atomic E-state index is 10.2. The monoisotopic (exact) mass is 342 g/mol. The summed E-state index contributed by atoms with van der Waals surface area (Å²) in [5.74, 6) is 0. The number of hydrogen-bond acceptors (Lipinski definition) is 4. The first-order valence-corrected chi connectivity index (χ1v) is 8.52. The van der Waals surface area contributed by atoms with Gasteiger partial charge >= 0.3 is 0 Å². The van der Waals surface area contributed by atoms with Crippen molar-refractivity contribution in [3.05, 3.63) is 49.4 Å². The van der Waals surface area contributed by atoms with E-state index in [9.17, 15) is 5.11 Å². The average molecular weight is 343 g/mol. The lowest BCUT2D eigenvalue weighted by atomic mass is 10.1. The van der Waals surface area contributed by atoms with E-state index in [4.69, 9.17) is 23.2 Å². The van der Waals surface area contributed by atoms with Crippen LogP contribution in [0.2, 0.25) is 10.0 Å². The molecule has 1 aliphatic rings. The number of halogens is 2. The molecule has 1 aliphatic carbocycles. The Balaban J connectivity index is 1.57. The predicted octanol–water partition coefficient (Wildman–Crippen LogP) is 3.76. The number of rotatable bonds is 5. The van der Waals surface area contributed by atoms with Crippen molar-refractivity contribution in [2.75, 3.05) is 6.54 Å². The maximum atomic E-state index is 10.2. The molecule has 0 radical (unpaired) electrons. The van der Waals surface area contributed by atoms with E-state index in [2.05, 4.69) is 10.3 Å². The van der Waals surface area contributed by atoms with E-state index in [1.165, 1.54) is 17.0 Å². The van der Waals surface area contributed by atoms with E-state index >= 15 is 0 Å². The number of thiazole rings is 1. The van der Waals surface area contributed by atoms with E-state index in [0.717, 1.165) is 17.8 Å². The quantitative estimate of drug-likeness (QED) is 0.869. The second kappa shape index (κ2) is 6.63. The Morgan fingerprint density at radius 2 is 2.05 bits per heavy atom. The molecule has 0 bridgehead atoms. The molecular formula is C15H16Cl2N2OS. The number of aromatic nitrogens is 1. The van der Waals surface area contributed by atoms with Crippen LogP contribution in [0.5, 0.6) is 0 Å². The van der Waals surface area contributed by atoms with Crippen LogP contribution in [0.3, 0.4) is 0 Å². The zero-order chi connectivity index (χ0) is 14.8. The van der Waals surface area contributed by atoms with Gasteiger partial charge in [0.05, 0.1) is 11.8 Å². The van der Waals surface area contributed by atoms with Gasteiger partial charge in [0.25, 0.3) is 0 Å². The fourth-order valence-electron chi connectivity index (χ4n) is 2.57. The fourth-order valence-corrected chi connectivity index (χ4v) is 4.34. The van der Waals surface area contributed by atoms with E-state index < -0.39 is 6.10 Å². The van der Waals surface area contributed by atoms with E-state index in [1.54, 1.807) is 29.5 Å². The summed E-state index contributed by atoms with van der Waals surface area (Å²) < 4.78 is 0. The molecule has 2 N–H and O–H groups in total. The van der Waals surface area contributed by atoms with Gasteiger partial charge in [0, 0.05) is 33.6 Å². The molecule has 0 fully saturated rings. The predicted molar refractivity (Wildman–Crippen MR) is 87.3 cm³/mol. The summed E-state index contributed by atoms with van der Waals surface area (Å²) in [6.45, 7) is 1.06. The molecular weight excluding hydrogens is 327 g/mol. The number of benzene rings is 1. The van der Waals surface area contributed by atoms with Crippen LogP contribution in [0.4, 0.5) is 0 Å². The van der Waals surface area contributed by atoms with Crippen molar-refractivity contribution in [1.29, 1.82) is 0 Å². The minimum Gasteiger partial charge on any atom is -0.387 e. The van der Waals surface area contributed by atoms with Crippen LogP contribution in [-0.4, -0.2) is 16.6 Å². The second-order valence-corrected chi connectivity index (χ2v) is 7.10. The Kier molecular flexibility index (Phi) is 4.82. The number of nitrogens with one attached hydrogen (secondary N) is 1. The molecule has 0 saturated carbocycles. The summed E-state index contributed by atoms with van der Waals surface area (Å²) in [6, 6.07) is 5.24. The van der Waals surface area contributed by atoms with Gasteiger partial charge in [-0.05, 0) is 31.4 Å². The lowest BCUT2D eigenvalue weighted by molar-refractivity contribution is 0.174. The Hall–Kier alpha value is -0.650. The summed E-state index contributed by atoms with van der Waals surface area (Å²) in [5.41, 5.74) is 1.83. The third kappa shape index (κ3) is 3.41. The SMILES string of the molecule is OC(CNCc1nc2c(s1)CCC2)c1c(Cl)cccc1Cl. The fraction of sp³-hybridized carbons (Fsp3) is 0.400. The summed E-state index contributed by atoms with van der Waals surface area (Å²) >= 11 is 13.9. The van der Waals surface area contributed by atoms with Crippen LogP contribution >= 0.6 is 34.5 Å². The first-order chi connectivity index (χ1) is 10.1. The van der Waals surface area contributed by atoms with Gasteiger partial charge in [-0.1, -0.05) is 29.3 Å². The first-order valence-electron chi connectivity index (χ1n) is 6.95. The molecule has 1 unspecified atom stereocenters. The van der Waals surface area contributed by atoms with Crippen LogP contribution in [0.15, 0.2) is 18.2 Å². The standard InChI is InChI=1S/C15H16Cl2N2OS/c16-9-3-1-4-10(17)15(9)12(20)7-18-8-14-19-11-5-2-6-13(11)21-14/h1,3-4,12,18,20H,2,5-8H2. The summed E-state index contributed by atoms with van der Waals surface area (Å²) in [7, 11) is 0. The Labute approximate surface area is 137 Å². The number of fused-ring (bicyclic) bond motifs is 1. The summed E-state index contributed by atoms with van der Waals surface area (Å²) in [6.07, 6.45) is 2.76. The summed E-state index contributed by atoms with van der Waals surface area (Å²) in [4.78, 5) is 6.04. The minimum absolute atomic E-state index is 0.397. The van der Waals surface area contributed by atoms with Crippen molar-refractivity contribution < 1.29 is 5.11 Å². The second-order valence-electron chi connectivity index (χ2n) is 5.11. The molecule has 6 heteroatoms. The van der Waals surface area contributed by atoms with E-state index in [0.29, 0.717) is 28.7 Å². The lowest BCUT2D eigenvalue weighted by Gasteiger charge is -2.14. The van der Waals surface area contributed by atoms with Crippen molar-refractivity contribution in [2.24, 2.45) is 0 Å². The van der Waals surface area contributed by atoms with Crippen LogP contribution < -0.4 is 5.32 Å². The van der Waals surface area contributed by atoms with Gasteiger partial charge in [-0.3, -0.25) is 0 Å². The zero-order valence-corrected chi connectivity index (χ0v) is 13.7. The number of aliphatic hydroxyl groups excluding tert-OH is 1. The highest BCUT2D eigenvalue weighted by Crippen LogP contribution is 2.30. The molecule has 1 aromatic carbocycles. The van der Waals surface area contributed by atoms with Crippen molar-refractivity contribution in [3.63, 3.8) is 0 Å². The topological polar surface area (TPSA) is 45.1 Å². The molecule has 0 aliphatic heterocycles. The molecule has 0 saturated heterocycles. The molecule has 3 nitrogen and oxygen atoms in total. The number of hydrogen-bond donors (Lipinski definition) is 2. The van der Waals surface area contributed by atoms with Crippen LogP contribution in [0.25, 0.3) is 0 Å². The maximum Gasteiger partial charge on any atom is 0.107 e. The highest BCUT2D eigenvalue weighted by molar-refractivity contribution is 7.11. The molecule has 1 heterocycles. The van der Waals surface area contributed by atoms with Gasteiger partial charge in [0.15, 0.2) is 0 Å². The Morgan fingerprint density at radius 3 is 2.76 bits per heavy atom. The molecule has 21 heavy (non-hydrogen) atoms. The van der Waals surface area contributed by atoms with E-state index in [1.807, 2.05) is 0 Å². The highest BCUT2D eigenvalue weighted by Gasteiger charge is 2.18. The molecule has 2 aromatic rings. The zero-order valence-electron chi connectivity index (χ0n) is 11.4. The first kappa shape index (κ1) is 15.3. The Morgan fingerprint density at radius 1 is 1.29 bits per heavy atom. The third-order valence-corrected chi connectivity index (χ3v) is 5.40. The van der Waals surface area contributed by atoms with Gasteiger partial charge in [0.1, 0.15) is 5.01 Å². The van der Waals surface area contributed by atoms with Crippen molar-refractivity contribution in [3.8, 4) is 0 Å². The van der Waals surface area contributed by atoms with Crippen LogP contribution in [0.1, 0.15) is 33.7 Å². The highest BCUT2D eigenvalue weighted by atomic mass is 35.5. The average Bonchev–Trinajstić information content (AvgIpc) is 2.99. The molecule has 3 rings (SSSR count). The smallest absolute Gasteiger partial charge is 0.107 e. The van der Waals surface area contributed by atoms with Crippen molar-refractivity contribution in [1.82, 2.24) is 10.3 Å². The van der Waals surface area contributed by atoms with E-state index in [-0.39, 0.29) is 0 Å². The molecule has 112 valence electrons.